The van der Waals surface area contributed by atoms with E-state index in [0.29, 0.717) is 28.3 Å². The van der Waals surface area contributed by atoms with Crippen LogP contribution in [0, 0.1) is 24.4 Å². The molecule has 4 nitrogen and oxygen atoms in total. The number of aromatic nitrogens is 2. The zero-order valence-electron chi connectivity index (χ0n) is 15.5. The first kappa shape index (κ1) is 18.7. The molecule has 2 aromatic carbocycles. The van der Waals surface area contributed by atoms with Gasteiger partial charge in [0.05, 0.1) is 16.9 Å². The number of nitrogens with two attached hydrogens (primary N) is 1. The lowest BCUT2D eigenvalue weighted by molar-refractivity contribution is 0.569. The summed E-state index contributed by atoms with van der Waals surface area (Å²) in [5.41, 5.74) is 7.88. The first-order valence-corrected chi connectivity index (χ1v) is 8.92. The van der Waals surface area contributed by atoms with E-state index in [9.17, 15) is 13.2 Å². The van der Waals surface area contributed by atoms with Gasteiger partial charge in [0, 0.05) is 40.9 Å². The number of rotatable bonds is 4. The topological polar surface area (TPSA) is 63.8 Å². The van der Waals surface area contributed by atoms with Gasteiger partial charge in [0.1, 0.15) is 23.3 Å². The molecular formula is C22H17F3N4. The zero-order chi connectivity index (χ0) is 20.5. The predicted molar refractivity (Wildman–Crippen MR) is 108 cm³/mol. The van der Waals surface area contributed by atoms with Gasteiger partial charge in [-0.25, -0.2) is 18.2 Å². The Morgan fingerprint density at radius 3 is 2.48 bits per heavy atom. The van der Waals surface area contributed by atoms with Crippen molar-refractivity contribution in [3.8, 4) is 11.3 Å². The van der Waals surface area contributed by atoms with Gasteiger partial charge in [0.2, 0.25) is 0 Å². The SMILES string of the molecule is Cc1c(F)cc(-c2ccc(N)c(NCc3cc4cccnc4cc3F)n2)cc1F. The molecule has 2 aromatic heterocycles. The van der Waals surface area contributed by atoms with E-state index in [1.165, 1.54) is 25.1 Å². The van der Waals surface area contributed by atoms with Crippen LogP contribution in [0.15, 0.2) is 54.7 Å². The fourth-order valence-electron chi connectivity index (χ4n) is 3.02. The standard InChI is InChI=1S/C22H17F3N4/c1-12-16(23)8-14(9-17(12)24)20-5-4-19(26)22(29-20)28-11-15-7-13-3-2-6-27-21(13)10-18(15)25/h2-10H,11,26H2,1H3,(H,28,29). The molecule has 7 heteroatoms. The number of nitrogen functional groups attached to an aromatic ring is 1. The van der Waals surface area contributed by atoms with Crippen molar-refractivity contribution in [2.24, 2.45) is 0 Å². The molecule has 0 unspecified atom stereocenters. The number of nitrogens with zero attached hydrogens (tertiary/aromatic N) is 2. The highest BCUT2D eigenvalue weighted by atomic mass is 19.1. The van der Waals surface area contributed by atoms with Crippen molar-refractivity contribution < 1.29 is 13.2 Å². The third-order valence-corrected chi connectivity index (χ3v) is 4.72. The molecule has 4 rings (SSSR count). The summed E-state index contributed by atoms with van der Waals surface area (Å²) in [5, 5.41) is 3.81. The average Bonchev–Trinajstić information content (AvgIpc) is 2.71. The number of hydrogen-bond acceptors (Lipinski definition) is 4. The lowest BCUT2D eigenvalue weighted by atomic mass is 10.1. The minimum atomic E-state index is -0.653. The summed E-state index contributed by atoms with van der Waals surface area (Å²) in [6.45, 7) is 1.50. The highest BCUT2D eigenvalue weighted by Crippen LogP contribution is 2.27. The van der Waals surface area contributed by atoms with Gasteiger partial charge in [-0.3, -0.25) is 4.98 Å². The Kier molecular flexibility index (Phi) is 4.80. The molecule has 0 fully saturated rings. The average molecular weight is 394 g/mol. The summed E-state index contributed by atoms with van der Waals surface area (Å²) in [5.74, 6) is -1.41. The van der Waals surface area contributed by atoms with Crippen LogP contribution in [0.1, 0.15) is 11.1 Å². The molecule has 0 bridgehead atoms. The van der Waals surface area contributed by atoms with Crippen LogP contribution in [-0.2, 0) is 6.54 Å². The van der Waals surface area contributed by atoms with Crippen molar-refractivity contribution in [3.63, 3.8) is 0 Å². The Labute approximate surface area is 165 Å². The Morgan fingerprint density at radius 2 is 1.72 bits per heavy atom. The van der Waals surface area contributed by atoms with Crippen LogP contribution in [0.2, 0.25) is 0 Å². The molecule has 29 heavy (non-hydrogen) atoms. The van der Waals surface area contributed by atoms with Gasteiger partial charge in [-0.1, -0.05) is 6.07 Å². The minimum Gasteiger partial charge on any atom is -0.396 e. The number of benzene rings is 2. The lowest BCUT2D eigenvalue weighted by Crippen LogP contribution is -2.07. The number of anilines is 2. The third-order valence-electron chi connectivity index (χ3n) is 4.72. The second-order valence-corrected chi connectivity index (χ2v) is 6.69. The Hall–Kier alpha value is -3.61. The van der Waals surface area contributed by atoms with Crippen LogP contribution in [-0.4, -0.2) is 9.97 Å². The number of nitrogens with one attached hydrogen (secondary N) is 1. The van der Waals surface area contributed by atoms with Gasteiger partial charge in [0.25, 0.3) is 0 Å². The smallest absolute Gasteiger partial charge is 0.150 e. The van der Waals surface area contributed by atoms with Crippen molar-refractivity contribution in [2.75, 3.05) is 11.1 Å². The number of halogens is 3. The van der Waals surface area contributed by atoms with Crippen LogP contribution in [0.5, 0.6) is 0 Å². The Balaban J connectivity index is 1.63. The molecule has 2 heterocycles. The highest BCUT2D eigenvalue weighted by Gasteiger charge is 2.12. The van der Waals surface area contributed by atoms with Crippen molar-refractivity contribution in [3.05, 3.63) is 83.3 Å². The van der Waals surface area contributed by atoms with Crippen LogP contribution < -0.4 is 11.1 Å². The van der Waals surface area contributed by atoms with Crippen LogP contribution in [0.25, 0.3) is 22.2 Å². The maximum atomic E-state index is 14.4. The Morgan fingerprint density at radius 1 is 0.966 bits per heavy atom. The van der Waals surface area contributed by atoms with E-state index < -0.39 is 17.5 Å². The van der Waals surface area contributed by atoms with E-state index in [0.717, 1.165) is 5.39 Å². The normalized spacial score (nSPS) is 11.0. The first-order chi connectivity index (χ1) is 13.9. The van der Waals surface area contributed by atoms with Crippen molar-refractivity contribution in [1.82, 2.24) is 9.97 Å². The summed E-state index contributed by atoms with van der Waals surface area (Å²) >= 11 is 0. The van der Waals surface area contributed by atoms with Crippen molar-refractivity contribution in [1.29, 1.82) is 0 Å². The van der Waals surface area contributed by atoms with Gasteiger partial charge < -0.3 is 11.1 Å². The molecule has 4 aromatic rings. The quantitative estimate of drug-likeness (QED) is 0.498. The molecule has 3 N–H and O–H groups in total. The summed E-state index contributed by atoms with van der Waals surface area (Å²) in [4.78, 5) is 8.48. The molecule has 146 valence electrons. The predicted octanol–water partition coefficient (Wildman–Crippen LogP) is 5.22. The van der Waals surface area contributed by atoms with Gasteiger partial charge in [0.15, 0.2) is 0 Å². The van der Waals surface area contributed by atoms with Crippen molar-refractivity contribution >= 4 is 22.4 Å². The lowest BCUT2D eigenvalue weighted by Gasteiger charge is -2.12. The van der Waals surface area contributed by atoms with Gasteiger partial charge >= 0.3 is 0 Å². The molecule has 0 saturated heterocycles. The third kappa shape index (κ3) is 3.71. The van der Waals surface area contributed by atoms with E-state index in [1.807, 2.05) is 6.07 Å². The van der Waals surface area contributed by atoms with Gasteiger partial charge in [-0.05, 0) is 43.3 Å². The fourth-order valence-corrected chi connectivity index (χ4v) is 3.02. The van der Waals surface area contributed by atoms with Crippen LogP contribution in [0.4, 0.5) is 24.7 Å². The van der Waals surface area contributed by atoms with Gasteiger partial charge in [-0.15, -0.1) is 0 Å². The molecule has 0 aliphatic heterocycles. The van der Waals surface area contributed by atoms with E-state index >= 15 is 0 Å². The Bertz CT molecular complexity index is 1200. The number of fused-ring (bicyclic) bond motifs is 1. The van der Waals surface area contributed by atoms with Crippen molar-refractivity contribution in [2.45, 2.75) is 13.5 Å². The van der Waals surface area contributed by atoms with E-state index in [-0.39, 0.29) is 17.7 Å². The number of hydrogen-bond donors (Lipinski definition) is 2. The van der Waals surface area contributed by atoms with Gasteiger partial charge in [-0.2, -0.15) is 0 Å². The molecule has 0 amide bonds. The summed E-state index contributed by atoms with van der Waals surface area (Å²) < 4.78 is 42.2. The molecular weight excluding hydrogens is 377 g/mol. The fraction of sp³-hybridized carbons (Fsp3) is 0.0909. The molecule has 0 aliphatic carbocycles. The molecule has 0 atom stereocenters. The van der Waals surface area contributed by atoms with E-state index in [2.05, 4.69) is 15.3 Å². The summed E-state index contributed by atoms with van der Waals surface area (Å²) in [7, 11) is 0. The van der Waals surface area contributed by atoms with Crippen LogP contribution in [0.3, 0.4) is 0 Å². The van der Waals surface area contributed by atoms with Crippen LogP contribution >= 0.6 is 0 Å². The first-order valence-electron chi connectivity index (χ1n) is 8.92. The highest BCUT2D eigenvalue weighted by molar-refractivity contribution is 5.79. The number of pyridine rings is 2. The monoisotopic (exact) mass is 394 g/mol. The molecule has 0 spiro atoms. The summed E-state index contributed by atoms with van der Waals surface area (Å²) in [6, 6.07) is 12.3. The minimum absolute atomic E-state index is 0.0520. The molecule has 0 saturated carbocycles. The second kappa shape index (κ2) is 7.43. The zero-order valence-corrected chi connectivity index (χ0v) is 15.5. The maximum Gasteiger partial charge on any atom is 0.150 e. The van der Waals surface area contributed by atoms with E-state index in [4.69, 9.17) is 5.73 Å². The maximum absolute atomic E-state index is 14.4. The van der Waals surface area contributed by atoms with E-state index in [1.54, 1.807) is 30.5 Å². The largest absolute Gasteiger partial charge is 0.396 e. The molecule has 0 radical (unpaired) electrons. The molecule has 0 aliphatic rings. The summed E-state index contributed by atoms with van der Waals surface area (Å²) in [6.07, 6.45) is 1.60. The second-order valence-electron chi connectivity index (χ2n) is 6.69.